The molecule has 4 nitrogen and oxygen atoms in total. The summed E-state index contributed by atoms with van der Waals surface area (Å²) in [4.78, 5) is 8.54. The second-order valence-electron chi connectivity index (χ2n) is 3.91. The molecule has 84 valence electrons. The zero-order chi connectivity index (χ0) is 11.4. The van der Waals surface area contributed by atoms with Gasteiger partial charge in [0, 0.05) is 12.6 Å². The number of hydrogen-bond donors (Lipinski definition) is 2. The van der Waals surface area contributed by atoms with E-state index in [0.717, 1.165) is 16.7 Å². The predicted molar refractivity (Wildman–Crippen MR) is 62.3 cm³/mol. The molecule has 1 aromatic heterocycles. The Kier molecular flexibility index (Phi) is 4.63. The zero-order valence-corrected chi connectivity index (χ0v) is 10.5. The largest absolute Gasteiger partial charge is 0.394 e. The highest BCUT2D eigenvalue weighted by molar-refractivity contribution is 9.10. The van der Waals surface area contributed by atoms with Gasteiger partial charge in [0.25, 0.3) is 0 Å². The van der Waals surface area contributed by atoms with E-state index in [1.165, 1.54) is 0 Å². The van der Waals surface area contributed by atoms with Crippen molar-refractivity contribution in [3.63, 3.8) is 0 Å². The van der Waals surface area contributed by atoms with E-state index < -0.39 is 6.04 Å². The van der Waals surface area contributed by atoms with E-state index in [1.54, 1.807) is 6.20 Å². The number of aromatic nitrogens is 2. The van der Waals surface area contributed by atoms with Crippen LogP contribution >= 0.6 is 15.9 Å². The first-order valence-corrected chi connectivity index (χ1v) is 5.71. The van der Waals surface area contributed by atoms with E-state index in [2.05, 4.69) is 39.7 Å². The van der Waals surface area contributed by atoms with Gasteiger partial charge in [0.2, 0.25) is 0 Å². The molecule has 5 heteroatoms. The first-order valence-electron chi connectivity index (χ1n) is 4.92. The molecule has 0 saturated heterocycles. The van der Waals surface area contributed by atoms with Crippen molar-refractivity contribution in [1.82, 2.24) is 9.97 Å². The number of aliphatic hydroxyl groups excluding tert-OH is 1. The summed E-state index contributed by atoms with van der Waals surface area (Å²) in [6.07, 6.45) is 2.51. The SMILES string of the molecule is CC(C)Cc1ncc(Br)c(C(N)CO)n1. The van der Waals surface area contributed by atoms with Crippen LogP contribution in [0.1, 0.15) is 31.4 Å². The lowest BCUT2D eigenvalue weighted by molar-refractivity contribution is 0.265. The molecule has 0 fully saturated rings. The van der Waals surface area contributed by atoms with Crippen molar-refractivity contribution in [2.75, 3.05) is 6.61 Å². The second-order valence-corrected chi connectivity index (χ2v) is 4.76. The molecule has 0 spiro atoms. The molecule has 1 aromatic rings. The summed E-state index contributed by atoms with van der Waals surface area (Å²) in [7, 11) is 0. The number of aliphatic hydroxyl groups is 1. The second kappa shape index (κ2) is 5.53. The first kappa shape index (κ1) is 12.5. The number of hydrogen-bond acceptors (Lipinski definition) is 4. The van der Waals surface area contributed by atoms with Gasteiger partial charge in [0.05, 0.1) is 22.8 Å². The molecule has 15 heavy (non-hydrogen) atoms. The highest BCUT2D eigenvalue weighted by Crippen LogP contribution is 2.19. The van der Waals surface area contributed by atoms with Crippen molar-refractivity contribution in [3.05, 3.63) is 22.2 Å². The summed E-state index contributed by atoms with van der Waals surface area (Å²) in [6, 6.07) is -0.451. The van der Waals surface area contributed by atoms with Crippen molar-refractivity contribution >= 4 is 15.9 Å². The summed E-state index contributed by atoms with van der Waals surface area (Å²) in [5, 5.41) is 8.98. The molecule has 1 rings (SSSR count). The Morgan fingerprint density at radius 2 is 2.20 bits per heavy atom. The molecule has 0 aliphatic rings. The third kappa shape index (κ3) is 3.52. The number of halogens is 1. The molecule has 0 aliphatic carbocycles. The fraction of sp³-hybridized carbons (Fsp3) is 0.600. The normalized spacial score (nSPS) is 13.2. The smallest absolute Gasteiger partial charge is 0.128 e. The first-order chi connectivity index (χ1) is 7.04. The summed E-state index contributed by atoms with van der Waals surface area (Å²) in [5.74, 6) is 1.27. The predicted octanol–water partition coefficient (Wildman–Crippen LogP) is 1.43. The fourth-order valence-corrected chi connectivity index (χ4v) is 1.71. The van der Waals surface area contributed by atoms with Crippen LogP contribution in [0.3, 0.4) is 0 Å². The maximum Gasteiger partial charge on any atom is 0.128 e. The van der Waals surface area contributed by atoms with E-state index in [-0.39, 0.29) is 6.61 Å². The lowest BCUT2D eigenvalue weighted by Gasteiger charge is -2.11. The maximum atomic E-state index is 8.98. The van der Waals surface area contributed by atoms with Crippen LogP contribution in [0.15, 0.2) is 10.7 Å². The number of rotatable bonds is 4. The van der Waals surface area contributed by atoms with Crippen molar-refractivity contribution in [1.29, 1.82) is 0 Å². The summed E-state index contributed by atoms with van der Waals surface area (Å²) < 4.78 is 0.747. The summed E-state index contributed by atoms with van der Waals surface area (Å²) in [5.41, 5.74) is 6.39. The van der Waals surface area contributed by atoms with Gasteiger partial charge in [0.1, 0.15) is 5.82 Å². The van der Waals surface area contributed by atoms with Gasteiger partial charge in [-0.15, -0.1) is 0 Å². The van der Waals surface area contributed by atoms with Gasteiger partial charge in [-0.25, -0.2) is 9.97 Å². The van der Waals surface area contributed by atoms with Crippen molar-refractivity contribution in [2.45, 2.75) is 26.3 Å². The molecule has 1 heterocycles. The van der Waals surface area contributed by atoms with E-state index in [9.17, 15) is 0 Å². The summed E-state index contributed by atoms with van der Waals surface area (Å²) in [6.45, 7) is 4.10. The minimum absolute atomic E-state index is 0.114. The van der Waals surface area contributed by atoms with E-state index in [0.29, 0.717) is 11.6 Å². The maximum absolute atomic E-state index is 8.98. The van der Waals surface area contributed by atoms with Crippen molar-refractivity contribution < 1.29 is 5.11 Å². The third-order valence-electron chi connectivity index (χ3n) is 1.96. The molecule has 1 unspecified atom stereocenters. The fourth-order valence-electron chi connectivity index (χ4n) is 1.23. The quantitative estimate of drug-likeness (QED) is 0.871. The van der Waals surface area contributed by atoms with Gasteiger partial charge < -0.3 is 10.8 Å². The highest BCUT2D eigenvalue weighted by Gasteiger charge is 2.12. The molecule has 0 amide bonds. The Balaban J connectivity index is 2.94. The average molecular weight is 274 g/mol. The van der Waals surface area contributed by atoms with Gasteiger partial charge in [-0.3, -0.25) is 0 Å². The Morgan fingerprint density at radius 1 is 1.53 bits per heavy atom. The molecular weight excluding hydrogens is 258 g/mol. The molecule has 1 atom stereocenters. The number of nitrogens with two attached hydrogens (primary N) is 1. The number of nitrogens with zero attached hydrogens (tertiary/aromatic N) is 2. The molecule has 0 radical (unpaired) electrons. The van der Waals surface area contributed by atoms with Crippen molar-refractivity contribution in [3.8, 4) is 0 Å². The van der Waals surface area contributed by atoms with Gasteiger partial charge in [-0.1, -0.05) is 13.8 Å². The molecule has 3 N–H and O–H groups in total. The molecular formula is C10H16BrN3O. The Labute approximate surface area is 98.1 Å². The van der Waals surface area contributed by atoms with Gasteiger partial charge >= 0.3 is 0 Å². The topological polar surface area (TPSA) is 72.0 Å². The van der Waals surface area contributed by atoms with Crippen LogP contribution in [0, 0.1) is 5.92 Å². The van der Waals surface area contributed by atoms with E-state index >= 15 is 0 Å². The molecule has 0 aliphatic heterocycles. The van der Waals surface area contributed by atoms with E-state index in [1.807, 2.05) is 0 Å². The van der Waals surface area contributed by atoms with Gasteiger partial charge in [-0.05, 0) is 21.8 Å². The lowest BCUT2D eigenvalue weighted by Crippen LogP contribution is -2.18. The van der Waals surface area contributed by atoms with Crippen LogP contribution < -0.4 is 5.73 Å². The minimum atomic E-state index is -0.451. The monoisotopic (exact) mass is 273 g/mol. The van der Waals surface area contributed by atoms with Crippen LogP contribution in [-0.2, 0) is 6.42 Å². The lowest BCUT2D eigenvalue weighted by atomic mass is 10.1. The van der Waals surface area contributed by atoms with Crippen LogP contribution in [0.5, 0.6) is 0 Å². The molecule has 0 bridgehead atoms. The standard InChI is InChI=1S/C10H16BrN3O/c1-6(2)3-9-13-4-7(11)10(14-9)8(12)5-15/h4,6,8,15H,3,5,12H2,1-2H3. The Hall–Kier alpha value is -0.520. The van der Waals surface area contributed by atoms with E-state index in [4.69, 9.17) is 10.8 Å². The Morgan fingerprint density at radius 3 is 2.73 bits per heavy atom. The van der Waals surface area contributed by atoms with Gasteiger partial charge in [0.15, 0.2) is 0 Å². The summed E-state index contributed by atoms with van der Waals surface area (Å²) >= 11 is 3.32. The average Bonchev–Trinajstić information content (AvgIpc) is 2.19. The van der Waals surface area contributed by atoms with Crippen LogP contribution in [0.2, 0.25) is 0 Å². The van der Waals surface area contributed by atoms with Gasteiger partial charge in [-0.2, -0.15) is 0 Å². The van der Waals surface area contributed by atoms with Crippen LogP contribution in [0.25, 0.3) is 0 Å². The Bertz CT molecular complexity index is 330. The zero-order valence-electron chi connectivity index (χ0n) is 8.94. The van der Waals surface area contributed by atoms with Crippen molar-refractivity contribution in [2.24, 2.45) is 11.7 Å². The third-order valence-corrected chi connectivity index (χ3v) is 2.57. The molecule has 0 saturated carbocycles. The highest BCUT2D eigenvalue weighted by atomic mass is 79.9. The minimum Gasteiger partial charge on any atom is -0.394 e. The molecule has 0 aromatic carbocycles. The van der Waals surface area contributed by atoms with Crippen LogP contribution in [0.4, 0.5) is 0 Å². The van der Waals surface area contributed by atoms with Crippen LogP contribution in [-0.4, -0.2) is 21.7 Å².